The van der Waals surface area contributed by atoms with Crippen LogP contribution in [0.5, 0.6) is 0 Å². The van der Waals surface area contributed by atoms with Gasteiger partial charge < -0.3 is 5.32 Å². The standard InChI is InChI=1S/C17H35N/c1-5-7-8-9-13-16(18-6-2)15-12-10-11-14-17(15,3)4/h15-16,18H,5-14H2,1-4H3. The third-order valence-corrected chi connectivity index (χ3v) is 4.91. The van der Waals surface area contributed by atoms with E-state index in [1.165, 1.54) is 57.8 Å². The SMILES string of the molecule is CCCCCCC(NCC)C1CCCCC1(C)C. The molecule has 0 saturated heterocycles. The molecule has 108 valence electrons. The second kappa shape index (κ2) is 8.19. The van der Waals surface area contributed by atoms with Gasteiger partial charge in [-0.2, -0.15) is 0 Å². The Morgan fingerprint density at radius 3 is 2.50 bits per heavy atom. The van der Waals surface area contributed by atoms with Crippen molar-refractivity contribution in [2.24, 2.45) is 11.3 Å². The summed E-state index contributed by atoms with van der Waals surface area (Å²) in [4.78, 5) is 0. The number of hydrogen-bond donors (Lipinski definition) is 1. The van der Waals surface area contributed by atoms with E-state index >= 15 is 0 Å². The Hall–Kier alpha value is -0.0400. The Balaban J connectivity index is 2.48. The van der Waals surface area contributed by atoms with Gasteiger partial charge in [-0.1, -0.05) is 66.2 Å². The molecule has 18 heavy (non-hydrogen) atoms. The van der Waals surface area contributed by atoms with Gasteiger partial charge in [0.25, 0.3) is 0 Å². The molecule has 0 aliphatic heterocycles. The lowest BCUT2D eigenvalue weighted by Crippen LogP contribution is -2.44. The van der Waals surface area contributed by atoms with Gasteiger partial charge >= 0.3 is 0 Å². The third-order valence-electron chi connectivity index (χ3n) is 4.91. The zero-order valence-corrected chi connectivity index (χ0v) is 13.2. The van der Waals surface area contributed by atoms with Gasteiger partial charge in [0.05, 0.1) is 0 Å². The summed E-state index contributed by atoms with van der Waals surface area (Å²) in [6.45, 7) is 10.7. The van der Waals surface area contributed by atoms with E-state index in [1.54, 1.807) is 0 Å². The van der Waals surface area contributed by atoms with Crippen LogP contribution in [-0.2, 0) is 0 Å². The molecule has 0 aromatic carbocycles. The highest BCUT2D eigenvalue weighted by Gasteiger charge is 2.36. The lowest BCUT2D eigenvalue weighted by Gasteiger charge is -2.43. The van der Waals surface area contributed by atoms with E-state index in [4.69, 9.17) is 0 Å². The molecule has 0 spiro atoms. The third kappa shape index (κ3) is 4.91. The maximum absolute atomic E-state index is 3.78. The minimum Gasteiger partial charge on any atom is -0.314 e. The van der Waals surface area contributed by atoms with Crippen LogP contribution in [0.25, 0.3) is 0 Å². The van der Waals surface area contributed by atoms with Crippen molar-refractivity contribution in [2.75, 3.05) is 6.54 Å². The predicted molar refractivity (Wildman–Crippen MR) is 82.0 cm³/mol. The molecule has 0 amide bonds. The lowest BCUT2D eigenvalue weighted by molar-refractivity contribution is 0.0942. The Morgan fingerprint density at radius 1 is 1.11 bits per heavy atom. The Kier molecular flexibility index (Phi) is 7.29. The topological polar surface area (TPSA) is 12.0 Å². The highest BCUT2D eigenvalue weighted by atomic mass is 14.9. The molecule has 0 aromatic rings. The van der Waals surface area contributed by atoms with Gasteiger partial charge in [0.1, 0.15) is 0 Å². The number of unbranched alkanes of at least 4 members (excludes halogenated alkanes) is 3. The minimum absolute atomic E-state index is 0.551. The summed E-state index contributed by atoms with van der Waals surface area (Å²) >= 11 is 0. The summed E-state index contributed by atoms with van der Waals surface area (Å²) in [5.41, 5.74) is 0.551. The summed E-state index contributed by atoms with van der Waals surface area (Å²) < 4.78 is 0. The molecular weight excluding hydrogens is 218 g/mol. The molecule has 1 nitrogen and oxygen atoms in total. The molecule has 1 rings (SSSR count). The number of nitrogens with one attached hydrogen (secondary N) is 1. The molecule has 1 aliphatic rings. The van der Waals surface area contributed by atoms with E-state index in [0.29, 0.717) is 5.41 Å². The number of rotatable bonds is 8. The second-order valence-electron chi connectivity index (χ2n) is 6.85. The zero-order valence-electron chi connectivity index (χ0n) is 13.2. The van der Waals surface area contributed by atoms with Crippen LogP contribution in [-0.4, -0.2) is 12.6 Å². The van der Waals surface area contributed by atoms with Gasteiger partial charge in [-0.25, -0.2) is 0 Å². The lowest BCUT2D eigenvalue weighted by atomic mass is 9.65. The van der Waals surface area contributed by atoms with Crippen LogP contribution in [0.15, 0.2) is 0 Å². The van der Waals surface area contributed by atoms with E-state index in [1.807, 2.05) is 0 Å². The first kappa shape index (κ1) is 16.0. The van der Waals surface area contributed by atoms with E-state index in [-0.39, 0.29) is 0 Å². The van der Waals surface area contributed by atoms with Crippen molar-refractivity contribution in [2.45, 2.75) is 91.5 Å². The highest BCUT2D eigenvalue weighted by molar-refractivity contribution is 4.90. The Bertz CT molecular complexity index is 210. The van der Waals surface area contributed by atoms with Crippen molar-refractivity contribution in [3.05, 3.63) is 0 Å². The first-order chi connectivity index (χ1) is 8.61. The average Bonchev–Trinajstić information content (AvgIpc) is 2.33. The van der Waals surface area contributed by atoms with Gasteiger partial charge in [-0.05, 0) is 37.1 Å². The van der Waals surface area contributed by atoms with E-state index in [0.717, 1.165) is 18.5 Å². The van der Waals surface area contributed by atoms with E-state index in [9.17, 15) is 0 Å². The normalized spacial score (nSPS) is 25.0. The summed E-state index contributed by atoms with van der Waals surface area (Å²) in [6.07, 6.45) is 12.7. The molecule has 1 saturated carbocycles. The van der Waals surface area contributed by atoms with Crippen molar-refractivity contribution in [3.8, 4) is 0 Å². The molecular formula is C17H35N. The molecule has 1 N–H and O–H groups in total. The second-order valence-corrected chi connectivity index (χ2v) is 6.85. The van der Waals surface area contributed by atoms with Crippen LogP contribution >= 0.6 is 0 Å². The van der Waals surface area contributed by atoms with Crippen LogP contribution in [0.3, 0.4) is 0 Å². The van der Waals surface area contributed by atoms with Crippen LogP contribution in [0.1, 0.15) is 85.5 Å². The quantitative estimate of drug-likeness (QED) is 0.590. The zero-order chi connectivity index (χ0) is 13.4. The smallest absolute Gasteiger partial charge is 0.0100 e. The summed E-state index contributed by atoms with van der Waals surface area (Å²) in [5.74, 6) is 0.896. The monoisotopic (exact) mass is 253 g/mol. The minimum atomic E-state index is 0.551. The Morgan fingerprint density at radius 2 is 1.89 bits per heavy atom. The molecule has 1 fully saturated rings. The van der Waals surface area contributed by atoms with Gasteiger partial charge in [0, 0.05) is 6.04 Å². The van der Waals surface area contributed by atoms with Crippen molar-refractivity contribution < 1.29 is 0 Å². The van der Waals surface area contributed by atoms with Crippen molar-refractivity contribution >= 4 is 0 Å². The molecule has 1 heteroatoms. The van der Waals surface area contributed by atoms with E-state index < -0.39 is 0 Å². The highest BCUT2D eigenvalue weighted by Crippen LogP contribution is 2.43. The maximum atomic E-state index is 3.78. The van der Waals surface area contributed by atoms with Crippen LogP contribution in [0.2, 0.25) is 0 Å². The largest absolute Gasteiger partial charge is 0.314 e. The van der Waals surface area contributed by atoms with Crippen molar-refractivity contribution in [3.63, 3.8) is 0 Å². The van der Waals surface area contributed by atoms with E-state index in [2.05, 4.69) is 33.0 Å². The molecule has 0 bridgehead atoms. The van der Waals surface area contributed by atoms with Gasteiger partial charge in [-0.15, -0.1) is 0 Å². The number of hydrogen-bond acceptors (Lipinski definition) is 1. The Labute approximate surface area is 115 Å². The molecule has 0 heterocycles. The fourth-order valence-corrected chi connectivity index (χ4v) is 3.77. The van der Waals surface area contributed by atoms with Crippen LogP contribution in [0, 0.1) is 11.3 Å². The molecule has 0 aromatic heterocycles. The summed E-state index contributed by atoms with van der Waals surface area (Å²) in [5, 5.41) is 3.78. The van der Waals surface area contributed by atoms with Crippen molar-refractivity contribution in [1.29, 1.82) is 0 Å². The average molecular weight is 253 g/mol. The summed E-state index contributed by atoms with van der Waals surface area (Å²) in [6, 6.07) is 0.766. The molecule has 2 unspecified atom stereocenters. The fraction of sp³-hybridized carbons (Fsp3) is 1.00. The van der Waals surface area contributed by atoms with Gasteiger partial charge in [0.15, 0.2) is 0 Å². The molecule has 1 aliphatic carbocycles. The van der Waals surface area contributed by atoms with Gasteiger partial charge in [-0.3, -0.25) is 0 Å². The van der Waals surface area contributed by atoms with Crippen molar-refractivity contribution in [1.82, 2.24) is 5.32 Å². The van der Waals surface area contributed by atoms with Gasteiger partial charge in [0.2, 0.25) is 0 Å². The summed E-state index contributed by atoms with van der Waals surface area (Å²) in [7, 11) is 0. The fourth-order valence-electron chi connectivity index (χ4n) is 3.77. The van der Waals surface area contributed by atoms with Crippen LogP contribution in [0.4, 0.5) is 0 Å². The molecule has 0 radical (unpaired) electrons. The predicted octanol–water partition coefficient (Wildman–Crippen LogP) is 5.15. The molecule has 2 atom stereocenters. The maximum Gasteiger partial charge on any atom is 0.0100 e. The first-order valence-electron chi connectivity index (χ1n) is 8.35. The first-order valence-corrected chi connectivity index (χ1v) is 8.35. The van der Waals surface area contributed by atoms with Crippen LogP contribution < -0.4 is 5.32 Å².